The first-order valence-corrected chi connectivity index (χ1v) is 6.91. The Morgan fingerprint density at radius 2 is 1.40 bits per heavy atom. The van der Waals surface area contributed by atoms with Crippen molar-refractivity contribution in [2.75, 3.05) is 0 Å². The zero-order valence-corrected chi connectivity index (χ0v) is 13.1. The van der Waals surface area contributed by atoms with E-state index in [1.165, 1.54) is 12.1 Å². The van der Waals surface area contributed by atoms with Crippen LogP contribution in [0.5, 0.6) is 0 Å². The Bertz CT molecular complexity index is 690. The third-order valence-corrected chi connectivity index (χ3v) is 4.75. The molecular formula is C12H3Cl5FNO. The fourth-order valence-electron chi connectivity index (χ4n) is 1.50. The molecule has 0 bridgehead atoms. The first-order valence-electron chi connectivity index (χ1n) is 5.02. The molecule has 2 rings (SSSR count). The Labute approximate surface area is 138 Å². The van der Waals surface area contributed by atoms with E-state index in [1.807, 2.05) is 0 Å². The monoisotopic (exact) mass is 371 g/mol. The Morgan fingerprint density at radius 1 is 0.900 bits per heavy atom. The van der Waals surface area contributed by atoms with Gasteiger partial charge in [0.05, 0.1) is 36.4 Å². The van der Waals surface area contributed by atoms with Gasteiger partial charge in [-0.1, -0.05) is 58.0 Å². The normalized spacial score (nSPS) is 10.7. The van der Waals surface area contributed by atoms with E-state index in [4.69, 9.17) is 58.0 Å². The zero-order valence-electron chi connectivity index (χ0n) is 9.36. The second-order valence-electron chi connectivity index (χ2n) is 3.64. The van der Waals surface area contributed by atoms with E-state index in [2.05, 4.69) is 4.98 Å². The number of aldehydes is 1. The maximum absolute atomic E-state index is 13.6. The number of hydrogen-bond acceptors (Lipinski definition) is 2. The zero-order chi connectivity index (χ0) is 15.0. The number of nitrogens with zero attached hydrogens (tertiary/aromatic N) is 1. The summed E-state index contributed by atoms with van der Waals surface area (Å²) < 4.78 is 13.6. The molecule has 104 valence electrons. The molecule has 0 fully saturated rings. The molecule has 0 unspecified atom stereocenters. The molecule has 0 aliphatic rings. The van der Waals surface area contributed by atoms with Gasteiger partial charge in [-0.15, -0.1) is 0 Å². The fourth-order valence-corrected chi connectivity index (χ4v) is 2.83. The third kappa shape index (κ3) is 2.61. The standard InChI is InChI=1S/C12H3Cl5FNO/c13-7-6(8(14)10(16)11(17)9(7)15)5-2-1-4(3-20)12(18)19-5/h1-3H. The lowest BCUT2D eigenvalue weighted by Gasteiger charge is -2.12. The van der Waals surface area contributed by atoms with E-state index in [-0.39, 0.29) is 41.9 Å². The van der Waals surface area contributed by atoms with Crippen LogP contribution in [0.3, 0.4) is 0 Å². The van der Waals surface area contributed by atoms with Crippen molar-refractivity contribution in [2.24, 2.45) is 0 Å². The largest absolute Gasteiger partial charge is 0.298 e. The average Bonchev–Trinajstić information content (AvgIpc) is 2.43. The van der Waals surface area contributed by atoms with Crippen LogP contribution < -0.4 is 0 Å². The summed E-state index contributed by atoms with van der Waals surface area (Å²) in [6, 6.07) is 2.62. The van der Waals surface area contributed by atoms with Crippen LogP contribution in [-0.2, 0) is 0 Å². The summed E-state index contributed by atoms with van der Waals surface area (Å²) in [6.45, 7) is 0. The van der Waals surface area contributed by atoms with Gasteiger partial charge >= 0.3 is 0 Å². The number of rotatable bonds is 2. The Balaban J connectivity index is 2.76. The highest BCUT2D eigenvalue weighted by Gasteiger charge is 2.21. The lowest BCUT2D eigenvalue weighted by atomic mass is 10.1. The minimum Gasteiger partial charge on any atom is -0.298 e. The summed E-state index contributed by atoms with van der Waals surface area (Å²) in [5, 5.41) is -0.0375. The first kappa shape index (κ1) is 15.8. The summed E-state index contributed by atoms with van der Waals surface area (Å²) >= 11 is 29.8. The average molecular weight is 373 g/mol. The van der Waals surface area contributed by atoms with Crippen molar-refractivity contribution in [1.82, 2.24) is 4.98 Å². The SMILES string of the molecule is O=Cc1ccc(-c2c(Cl)c(Cl)c(Cl)c(Cl)c2Cl)nc1F. The van der Waals surface area contributed by atoms with Crippen molar-refractivity contribution in [3.63, 3.8) is 0 Å². The predicted octanol–water partition coefficient (Wildman–Crippen LogP) is 5.97. The van der Waals surface area contributed by atoms with Crippen LogP contribution in [0.4, 0.5) is 4.39 Å². The second kappa shape index (κ2) is 6.04. The van der Waals surface area contributed by atoms with E-state index in [0.717, 1.165) is 0 Å². The molecular weight excluding hydrogens is 370 g/mol. The Kier molecular flexibility index (Phi) is 4.77. The number of carbonyl (C=O) groups excluding carboxylic acids is 1. The molecule has 20 heavy (non-hydrogen) atoms. The highest BCUT2D eigenvalue weighted by Crippen LogP contribution is 2.47. The molecule has 0 aliphatic carbocycles. The molecule has 0 spiro atoms. The van der Waals surface area contributed by atoms with Crippen molar-refractivity contribution in [3.05, 3.63) is 48.8 Å². The Hall–Kier alpha value is -0.580. The molecule has 0 aliphatic heterocycles. The molecule has 1 aromatic carbocycles. The van der Waals surface area contributed by atoms with Gasteiger partial charge in [-0.2, -0.15) is 4.39 Å². The maximum Gasteiger partial charge on any atom is 0.224 e. The van der Waals surface area contributed by atoms with E-state index in [9.17, 15) is 9.18 Å². The molecule has 0 radical (unpaired) electrons. The van der Waals surface area contributed by atoms with Gasteiger partial charge in [0.25, 0.3) is 0 Å². The first-order chi connectivity index (χ1) is 9.38. The summed E-state index contributed by atoms with van der Waals surface area (Å²) in [7, 11) is 0. The van der Waals surface area contributed by atoms with Crippen LogP contribution in [-0.4, -0.2) is 11.3 Å². The molecule has 0 saturated carbocycles. The minimum atomic E-state index is -0.952. The lowest BCUT2D eigenvalue weighted by molar-refractivity contribution is 0.111. The summed E-state index contributed by atoms with van der Waals surface area (Å²) in [6.07, 6.45) is 0.344. The molecule has 0 N–H and O–H groups in total. The third-order valence-electron chi connectivity index (χ3n) is 2.47. The highest BCUT2D eigenvalue weighted by atomic mass is 35.5. The van der Waals surface area contributed by atoms with Gasteiger partial charge < -0.3 is 0 Å². The van der Waals surface area contributed by atoms with Gasteiger partial charge in [-0.3, -0.25) is 4.79 Å². The lowest BCUT2D eigenvalue weighted by Crippen LogP contribution is -1.96. The minimum absolute atomic E-state index is 0.00272. The summed E-state index contributed by atoms with van der Waals surface area (Å²) in [4.78, 5) is 14.2. The molecule has 2 nitrogen and oxygen atoms in total. The van der Waals surface area contributed by atoms with Gasteiger partial charge in [0, 0.05) is 5.56 Å². The van der Waals surface area contributed by atoms with Crippen LogP contribution >= 0.6 is 58.0 Å². The molecule has 1 heterocycles. The van der Waals surface area contributed by atoms with E-state index in [0.29, 0.717) is 6.29 Å². The number of carbonyl (C=O) groups is 1. The van der Waals surface area contributed by atoms with Crippen molar-refractivity contribution < 1.29 is 9.18 Å². The van der Waals surface area contributed by atoms with E-state index < -0.39 is 5.95 Å². The Morgan fingerprint density at radius 3 is 1.85 bits per heavy atom. The van der Waals surface area contributed by atoms with Crippen molar-refractivity contribution in [2.45, 2.75) is 0 Å². The van der Waals surface area contributed by atoms with Gasteiger partial charge in [0.2, 0.25) is 5.95 Å². The van der Waals surface area contributed by atoms with Gasteiger partial charge in [0.15, 0.2) is 6.29 Å². The predicted molar refractivity (Wildman–Crippen MR) is 80.1 cm³/mol. The number of halogens is 6. The van der Waals surface area contributed by atoms with Crippen LogP contribution in [0.15, 0.2) is 12.1 Å². The fraction of sp³-hybridized carbons (Fsp3) is 0. The highest BCUT2D eigenvalue weighted by molar-refractivity contribution is 6.56. The number of benzene rings is 1. The number of pyridine rings is 1. The van der Waals surface area contributed by atoms with Crippen molar-refractivity contribution in [1.29, 1.82) is 0 Å². The second-order valence-corrected chi connectivity index (χ2v) is 5.53. The van der Waals surface area contributed by atoms with Crippen LogP contribution in [0, 0.1) is 5.95 Å². The topological polar surface area (TPSA) is 30.0 Å². The summed E-state index contributed by atoms with van der Waals surface area (Å²) in [5.74, 6) is -0.952. The number of aromatic nitrogens is 1. The number of hydrogen-bond donors (Lipinski definition) is 0. The molecule has 0 saturated heterocycles. The maximum atomic E-state index is 13.6. The van der Waals surface area contributed by atoms with Crippen LogP contribution in [0.2, 0.25) is 25.1 Å². The molecule has 2 aromatic rings. The van der Waals surface area contributed by atoms with E-state index in [1.54, 1.807) is 0 Å². The van der Waals surface area contributed by atoms with Gasteiger partial charge in [-0.05, 0) is 12.1 Å². The van der Waals surface area contributed by atoms with Crippen molar-refractivity contribution >= 4 is 64.3 Å². The molecule has 1 aromatic heterocycles. The molecule has 0 atom stereocenters. The van der Waals surface area contributed by atoms with Gasteiger partial charge in [0.1, 0.15) is 0 Å². The summed E-state index contributed by atoms with van der Waals surface area (Å²) in [5.41, 5.74) is 0.0415. The van der Waals surface area contributed by atoms with E-state index >= 15 is 0 Å². The van der Waals surface area contributed by atoms with Crippen LogP contribution in [0.25, 0.3) is 11.3 Å². The van der Waals surface area contributed by atoms with Crippen molar-refractivity contribution in [3.8, 4) is 11.3 Å². The smallest absolute Gasteiger partial charge is 0.224 e. The van der Waals surface area contributed by atoms with Gasteiger partial charge in [-0.25, -0.2) is 4.98 Å². The molecule has 8 heteroatoms. The molecule has 0 amide bonds. The quantitative estimate of drug-likeness (QED) is 0.281. The van der Waals surface area contributed by atoms with Crippen LogP contribution in [0.1, 0.15) is 10.4 Å².